The van der Waals surface area contributed by atoms with E-state index in [1.165, 1.54) is 0 Å². The highest BCUT2D eigenvalue weighted by Crippen LogP contribution is 2.13. The quantitative estimate of drug-likeness (QED) is 0.714. The Bertz CT molecular complexity index is 231. The minimum absolute atomic E-state index is 0.0866. The second-order valence-corrected chi connectivity index (χ2v) is 4.83. The molecule has 1 atom stereocenters. The molecule has 1 fully saturated rings. The van der Waals surface area contributed by atoms with Crippen molar-refractivity contribution in [2.45, 2.75) is 52.2 Å². The van der Waals surface area contributed by atoms with E-state index in [0.717, 1.165) is 39.0 Å². The van der Waals surface area contributed by atoms with Crippen LogP contribution >= 0.6 is 0 Å². The number of rotatable bonds is 6. The highest BCUT2D eigenvalue weighted by atomic mass is 16.5. The van der Waals surface area contributed by atoms with Crippen LogP contribution in [0, 0.1) is 0 Å². The topological polar surface area (TPSA) is 38.8 Å². The Hall–Kier alpha value is -0.610. The average Bonchev–Trinajstić information content (AvgIpc) is 2.33. The Morgan fingerprint density at radius 2 is 2.24 bits per heavy atom. The number of amides is 1. The molecule has 1 saturated heterocycles. The standard InChI is InChI=1S/C13H25NO3/c1-4-8-16-12-6-5-7-14(9-12)13(15)10-17-11(2)3/h11-12H,4-10H2,1-3H3. The summed E-state index contributed by atoms with van der Waals surface area (Å²) in [5.74, 6) is 0.0866. The fourth-order valence-electron chi connectivity index (χ4n) is 1.91. The van der Waals surface area contributed by atoms with Crippen LogP contribution in [0.3, 0.4) is 0 Å². The van der Waals surface area contributed by atoms with Crippen LogP contribution in [-0.4, -0.2) is 49.3 Å². The van der Waals surface area contributed by atoms with Gasteiger partial charge in [-0.05, 0) is 33.1 Å². The molecule has 0 bridgehead atoms. The van der Waals surface area contributed by atoms with Gasteiger partial charge >= 0.3 is 0 Å². The Labute approximate surface area is 104 Å². The van der Waals surface area contributed by atoms with E-state index >= 15 is 0 Å². The molecule has 0 aliphatic carbocycles. The summed E-state index contributed by atoms with van der Waals surface area (Å²) in [5.41, 5.74) is 0. The van der Waals surface area contributed by atoms with Crippen LogP contribution in [0.1, 0.15) is 40.0 Å². The van der Waals surface area contributed by atoms with Crippen LogP contribution < -0.4 is 0 Å². The smallest absolute Gasteiger partial charge is 0.248 e. The Kier molecular flexibility index (Phi) is 6.52. The van der Waals surface area contributed by atoms with Gasteiger partial charge in [0.15, 0.2) is 0 Å². The van der Waals surface area contributed by atoms with Gasteiger partial charge in [0, 0.05) is 19.7 Å². The summed E-state index contributed by atoms with van der Waals surface area (Å²) in [5, 5.41) is 0. The first-order chi connectivity index (χ1) is 8.13. The first-order valence-corrected chi connectivity index (χ1v) is 6.64. The molecule has 0 aromatic rings. The van der Waals surface area contributed by atoms with Crippen molar-refractivity contribution in [3.05, 3.63) is 0 Å². The highest BCUT2D eigenvalue weighted by molar-refractivity contribution is 5.77. The van der Waals surface area contributed by atoms with Crippen molar-refractivity contribution < 1.29 is 14.3 Å². The average molecular weight is 243 g/mol. The Balaban J connectivity index is 2.30. The van der Waals surface area contributed by atoms with Crippen molar-refractivity contribution in [2.75, 3.05) is 26.3 Å². The SMILES string of the molecule is CCCOC1CCCN(C(=O)COC(C)C)C1. The molecule has 0 N–H and O–H groups in total. The lowest BCUT2D eigenvalue weighted by Gasteiger charge is -2.32. The number of hydrogen-bond acceptors (Lipinski definition) is 3. The van der Waals surface area contributed by atoms with E-state index in [-0.39, 0.29) is 24.7 Å². The van der Waals surface area contributed by atoms with E-state index in [4.69, 9.17) is 9.47 Å². The zero-order chi connectivity index (χ0) is 12.7. The monoisotopic (exact) mass is 243 g/mol. The lowest BCUT2D eigenvalue weighted by atomic mass is 10.1. The first kappa shape index (κ1) is 14.5. The summed E-state index contributed by atoms with van der Waals surface area (Å²) >= 11 is 0. The third kappa shape index (κ3) is 5.50. The van der Waals surface area contributed by atoms with Crippen LogP contribution in [0.25, 0.3) is 0 Å². The minimum Gasteiger partial charge on any atom is -0.376 e. The summed E-state index contributed by atoms with van der Waals surface area (Å²) in [4.78, 5) is 13.7. The Morgan fingerprint density at radius 1 is 1.47 bits per heavy atom. The molecule has 1 aliphatic rings. The third-order valence-electron chi connectivity index (χ3n) is 2.83. The molecular formula is C13H25NO3. The molecule has 1 unspecified atom stereocenters. The third-order valence-corrected chi connectivity index (χ3v) is 2.83. The van der Waals surface area contributed by atoms with Crippen molar-refractivity contribution >= 4 is 5.91 Å². The number of piperidine rings is 1. The van der Waals surface area contributed by atoms with Gasteiger partial charge in [-0.15, -0.1) is 0 Å². The van der Waals surface area contributed by atoms with Crippen molar-refractivity contribution in [3.8, 4) is 0 Å². The normalized spacial score (nSPS) is 20.9. The van der Waals surface area contributed by atoms with Gasteiger partial charge in [-0.3, -0.25) is 4.79 Å². The number of ether oxygens (including phenoxy) is 2. The zero-order valence-corrected chi connectivity index (χ0v) is 11.3. The molecule has 0 saturated carbocycles. The predicted molar refractivity (Wildman–Crippen MR) is 66.9 cm³/mol. The highest BCUT2D eigenvalue weighted by Gasteiger charge is 2.23. The maximum Gasteiger partial charge on any atom is 0.248 e. The van der Waals surface area contributed by atoms with Crippen molar-refractivity contribution in [2.24, 2.45) is 0 Å². The molecule has 4 nitrogen and oxygen atoms in total. The van der Waals surface area contributed by atoms with E-state index in [1.807, 2.05) is 18.7 Å². The molecule has 100 valence electrons. The molecule has 4 heteroatoms. The van der Waals surface area contributed by atoms with Gasteiger partial charge in [-0.2, -0.15) is 0 Å². The maximum absolute atomic E-state index is 11.9. The molecule has 0 aromatic heterocycles. The second kappa shape index (κ2) is 7.67. The van der Waals surface area contributed by atoms with Gasteiger partial charge in [0.05, 0.1) is 12.2 Å². The fourth-order valence-corrected chi connectivity index (χ4v) is 1.91. The molecule has 0 radical (unpaired) electrons. The van der Waals surface area contributed by atoms with Crippen molar-refractivity contribution in [3.63, 3.8) is 0 Å². The predicted octanol–water partition coefficient (Wildman–Crippen LogP) is 1.83. The van der Waals surface area contributed by atoms with Crippen LogP contribution in [0.4, 0.5) is 0 Å². The van der Waals surface area contributed by atoms with Gasteiger partial charge in [0.1, 0.15) is 6.61 Å². The molecule has 0 aromatic carbocycles. The van der Waals surface area contributed by atoms with E-state index in [0.29, 0.717) is 0 Å². The summed E-state index contributed by atoms with van der Waals surface area (Å²) < 4.78 is 11.0. The maximum atomic E-state index is 11.9. The molecule has 1 amide bonds. The van der Waals surface area contributed by atoms with E-state index in [9.17, 15) is 4.79 Å². The molecule has 17 heavy (non-hydrogen) atoms. The van der Waals surface area contributed by atoms with Crippen LogP contribution in [0.15, 0.2) is 0 Å². The van der Waals surface area contributed by atoms with Gasteiger partial charge in [-0.25, -0.2) is 0 Å². The number of carbonyl (C=O) groups is 1. The first-order valence-electron chi connectivity index (χ1n) is 6.64. The second-order valence-electron chi connectivity index (χ2n) is 4.83. The van der Waals surface area contributed by atoms with Gasteiger partial charge in [-0.1, -0.05) is 6.92 Å². The van der Waals surface area contributed by atoms with Crippen molar-refractivity contribution in [1.29, 1.82) is 0 Å². The minimum atomic E-state index is 0.0866. The van der Waals surface area contributed by atoms with Gasteiger partial charge in [0.2, 0.25) is 5.91 Å². The molecule has 1 heterocycles. The van der Waals surface area contributed by atoms with E-state index in [2.05, 4.69) is 6.92 Å². The summed E-state index contributed by atoms with van der Waals surface area (Å²) in [6, 6.07) is 0. The summed E-state index contributed by atoms with van der Waals surface area (Å²) in [7, 11) is 0. The molecule has 1 rings (SSSR count). The van der Waals surface area contributed by atoms with Crippen LogP contribution in [-0.2, 0) is 14.3 Å². The summed E-state index contributed by atoms with van der Waals surface area (Å²) in [6.45, 7) is 8.52. The molecule has 0 spiro atoms. The van der Waals surface area contributed by atoms with E-state index < -0.39 is 0 Å². The fraction of sp³-hybridized carbons (Fsp3) is 0.923. The molecular weight excluding hydrogens is 218 g/mol. The number of likely N-dealkylation sites (tertiary alicyclic amines) is 1. The largest absolute Gasteiger partial charge is 0.376 e. The van der Waals surface area contributed by atoms with Gasteiger partial charge in [0.25, 0.3) is 0 Å². The van der Waals surface area contributed by atoms with E-state index in [1.54, 1.807) is 0 Å². The van der Waals surface area contributed by atoms with Crippen LogP contribution in [0.2, 0.25) is 0 Å². The van der Waals surface area contributed by atoms with Crippen molar-refractivity contribution in [1.82, 2.24) is 4.90 Å². The van der Waals surface area contributed by atoms with Gasteiger partial charge < -0.3 is 14.4 Å². The summed E-state index contributed by atoms with van der Waals surface area (Å²) in [6.07, 6.45) is 3.44. The lowest BCUT2D eigenvalue weighted by Crippen LogP contribution is -2.45. The van der Waals surface area contributed by atoms with Crippen LogP contribution in [0.5, 0.6) is 0 Å². The Morgan fingerprint density at radius 3 is 2.88 bits per heavy atom. The lowest BCUT2D eigenvalue weighted by molar-refractivity contribution is -0.141. The number of nitrogens with zero attached hydrogens (tertiary/aromatic N) is 1. The zero-order valence-electron chi connectivity index (χ0n) is 11.3. The number of carbonyl (C=O) groups excluding carboxylic acids is 1. The molecule has 1 aliphatic heterocycles. The number of hydrogen-bond donors (Lipinski definition) is 0.